The number of amides is 1. The Labute approximate surface area is 158 Å². The Morgan fingerprint density at radius 2 is 1.89 bits per heavy atom. The van der Waals surface area contributed by atoms with Crippen molar-refractivity contribution in [2.75, 3.05) is 18.5 Å². The van der Waals surface area contributed by atoms with Crippen LogP contribution in [0.2, 0.25) is 0 Å². The van der Waals surface area contributed by atoms with E-state index in [2.05, 4.69) is 4.72 Å². The van der Waals surface area contributed by atoms with Crippen molar-refractivity contribution in [3.05, 3.63) is 59.7 Å². The van der Waals surface area contributed by atoms with Crippen molar-refractivity contribution < 1.29 is 22.7 Å². The van der Waals surface area contributed by atoms with Gasteiger partial charge in [0.1, 0.15) is 0 Å². The Kier molecular flexibility index (Phi) is 5.29. The molecule has 2 aromatic carbocycles. The van der Waals surface area contributed by atoms with Crippen LogP contribution in [0.15, 0.2) is 53.4 Å². The van der Waals surface area contributed by atoms with E-state index in [1.807, 2.05) is 24.3 Å². The second-order valence-electron chi connectivity index (χ2n) is 6.15. The summed E-state index contributed by atoms with van der Waals surface area (Å²) in [6.07, 6.45) is -0.236. The van der Waals surface area contributed by atoms with Gasteiger partial charge in [-0.1, -0.05) is 24.3 Å². The summed E-state index contributed by atoms with van der Waals surface area (Å²) in [5, 5.41) is 0. The number of nitrogens with zero attached hydrogens (tertiary/aromatic N) is 1. The lowest BCUT2D eigenvalue weighted by Gasteiger charge is -2.21. The number of esters is 1. The highest BCUT2D eigenvalue weighted by Gasteiger charge is 2.30. The van der Waals surface area contributed by atoms with Crippen LogP contribution in [-0.4, -0.2) is 40.0 Å². The summed E-state index contributed by atoms with van der Waals surface area (Å²) in [5.41, 5.74) is 1.97. The minimum Gasteiger partial charge on any atom is -0.449 e. The second-order valence-corrected chi connectivity index (χ2v) is 8.04. The van der Waals surface area contributed by atoms with E-state index in [4.69, 9.17) is 4.74 Å². The Hall–Kier alpha value is -2.71. The van der Waals surface area contributed by atoms with Crippen molar-refractivity contribution in [1.29, 1.82) is 0 Å². The first-order chi connectivity index (χ1) is 12.8. The number of para-hydroxylation sites is 1. The topological polar surface area (TPSA) is 92.8 Å². The van der Waals surface area contributed by atoms with Gasteiger partial charge in [0, 0.05) is 12.2 Å². The highest BCUT2D eigenvalue weighted by molar-refractivity contribution is 7.89. The molecule has 0 bridgehead atoms. The third-order valence-electron chi connectivity index (χ3n) is 4.43. The molecule has 0 aromatic heterocycles. The summed E-state index contributed by atoms with van der Waals surface area (Å²) >= 11 is 0. The number of ether oxygens (including phenoxy) is 1. The molecule has 0 fully saturated rings. The first-order valence-electron chi connectivity index (χ1n) is 8.47. The third kappa shape index (κ3) is 3.86. The quantitative estimate of drug-likeness (QED) is 0.788. The van der Waals surface area contributed by atoms with Crippen LogP contribution in [0.4, 0.5) is 5.69 Å². The molecule has 3 rings (SSSR count). The average Bonchev–Trinajstić information content (AvgIpc) is 3.11. The summed E-state index contributed by atoms with van der Waals surface area (Å²) in [6, 6.07) is 13.1. The molecule has 2 aromatic rings. The lowest BCUT2D eigenvalue weighted by Crippen LogP contribution is -2.39. The Balaban J connectivity index is 1.73. The van der Waals surface area contributed by atoms with E-state index >= 15 is 0 Å². The fourth-order valence-corrected chi connectivity index (χ4v) is 3.75. The van der Waals surface area contributed by atoms with Crippen molar-refractivity contribution in [2.45, 2.75) is 24.3 Å². The lowest BCUT2D eigenvalue weighted by atomic mass is 10.2. The van der Waals surface area contributed by atoms with Gasteiger partial charge in [-0.15, -0.1) is 0 Å². The number of benzene rings is 2. The van der Waals surface area contributed by atoms with Gasteiger partial charge in [0.25, 0.3) is 5.91 Å². The molecule has 0 radical (unpaired) electrons. The van der Waals surface area contributed by atoms with Gasteiger partial charge in [-0.3, -0.25) is 4.79 Å². The molecule has 1 N–H and O–H groups in total. The molecule has 1 amide bonds. The van der Waals surface area contributed by atoms with E-state index in [1.165, 1.54) is 38.2 Å². The molecule has 1 aliphatic heterocycles. The highest BCUT2D eigenvalue weighted by atomic mass is 32.2. The number of hydrogen-bond donors (Lipinski definition) is 1. The fraction of sp³-hybridized carbons (Fsp3) is 0.263. The van der Waals surface area contributed by atoms with Gasteiger partial charge in [-0.2, -0.15) is 0 Å². The van der Waals surface area contributed by atoms with E-state index in [0.29, 0.717) is 6.54 Å². The van der Waals surface area contributed by atoms with Gasteiger partial charge < -0.3 is 9.64 Å². The van der Waals surface area contributed by atoms with Gasteiger partial charge in [0.05, 0.1) is 10.5 Å². The summed E-state index contributed by atoms with van der Waals surface area (Å²) in [5.74, 6) is -1.07. The molecule has 7 nitrogen and oxygen atoms in total. The number of sulfonamides is 1. The Morgan fingerprint density at radius 3 is 2.63 bits per heavy atom. The van der Waals surface area contributed by atoms with E-state index in [9.17, 15) is 18.0 Å². The molecule has 0 unspecified atom stereocenters. The van der Waals surface area contributed by atoms with Crippen LogP contribution in [0.25, 0.3) is 0 Å². The molecule has 1 atom stereocenters. The van der Waals surface area contributed by atoms with Gasteiger partial charge >= 0.3 is 5.97 Å². The molecule has 27 heavy (non-hydrogen) atoms. The molecule has 0 saturated carbocycles. The van der Waals surface area contributed by atoms with Crippen LogP contribution in [-0.2, 0) is 26.0 Å². The third-order valence-corrected chi connectivity index (χ3v) is 5.85. The monoisotopic (exact) mass is 388 g/mol. The Morgan fingerprint density at radius 1 is 1.15 bits per heavy atom. The maximum atomic E-state index is 12.7. The number of carbonyl (C=O) groups is 2. The van der Waals surface area contributed by atoms with Gasteiger partial charge in [0.15, 0.2) is 6.10 Å². The summed E-state index contributed by atoms with van der Waals surface area (Å²) in [7, 11) is -2.39. The number of carbonyl (C=O) groups excluding carboxylic acids is 2. The Bertz CT molecular complexity index is 987. The van der Waals surface area contributed by atoms with Crippen LogP contribution >= 0.6 is 0 Å². The zero-order valence-corrected chi connectivity index (χ0v) is 15.8. The molecule has 0 saturated heterocycles. The maximum Gasteiger partial charge on any atom is 0.338 e. The van der Waals surface area contributed by atoms with E-state index in [1.54, 1.807) is 4.90 Å². The molecule has 0 aliphatic carbocycles. The van der Waals surface area contributed by atoms with Crippen molar-refractivity contribution >= 4 is 27.6 Å². The van der Waals surface area contributed by atoms with Crippen LogP contribution < -0.4 is 9.62 Å². The van der Waals surface area contributed by atoms with Crippen molar-refractivity contribution in [1.82, 2.24) is 4.72 Å². The number of hydrogen-bond acceptors (Lipinski definition) is 5. The second kappa shape index (κ2) is 7.50. The number of rotatable bonds is 5. The molecular weight excluding hydrogens is 368 g/mol. The molecule has 8 heteroatoms. The molecule has 1 heterocycles. The van der Waals surface area contributed by atoms with E-state index < -0.39 is 22.1 Å². The minimum absolute atomic E-state index is 0.0492. The van der Waals surface area contributed by atoms with Crippen LogP contribution in [0.5, 0.6) is 0 Å². The van der Waals surface area contributed by atoms with Crippen LogP contribution in [0.1, 0.15) is 22.8 Å². The van der Waals surface area contributed by atoms with Gasteiger partial charge in [0.2, 0.25) is 10.0 Å². The van der Waals surface area contributed by atoms with Gasteiger partial charge in [-0.05, 0) is 50.2 Å². The SMILES string of the molecule is CNS(=O)(=O)c1cccc(C(=O)O[C@H](C)C(=O)N2CCc3ccccc32)c1. The summed E-state index contributed by atoms with van der Waals surface area (Å²) in [6.45, 7) is 2.05. The summed E-state index contributed by atoms with van der Waals surface area (Å²) < 4.78 is 31.2. The van der Waals surface area contributed by atoms with E-state index in [0.717, 1.165) is 17.7 Å². The number of fused-ring (bicyclic) bond motifs is 1. The smallest absolute Gasteiger partial charge is 0.338 e. The first-order valence-corrected chi connectivity index (χ1v) is 9.95. The zero-order valence-electron chi connectivity index (χ0n) is 15.0. The maximum absolute atomic E-state index is 12.7. The first kappa shape index (κ1) is 19.1. The van der Waals surface area contributed by atoms with Crippen LogP contribution in [0, 0.1) is 0 Å². The number of anilines is 1. The van der Waals surface area contributed by atoms with Crippen molar-refractivity contribution in [3.8, 4) is 0 Å². The molecular formula is C19H20N2O5S. The van der Waals surface area contributed by atoms with Crippen molar-refractivity contribution in [3.63, 3.8) is 0 Å². The predicted molar refractivity (Wildman–Crippen MR) is 100 cm³/mol. The summed E-state index contributed by atoms with van der Waals surface area (Å²) in [4.78, 5) is 26.6. The minimum atomic E-state index is -3.68. The predicted octanol–water partition coefficient (Wildman–Crippen LogP) is 1.73. The largest absolute Gasteiger partial charge is 0.449 e. The molecule has 142 valence electrons. The standard InChI is InChI=1S/C19H20N2O5S/c1-13(18(22)21-11-10-14-6-3-4-9-17(14)21)26-19(23)15-7-5-8-16(12-15)27(24,25)20-2/h3-9,12-13,20H,10-11H2,1-2H3/t13-/m1/s1. The highest BCUT2D eigenvalue weighted by Crippen LogP contribution is 2.28. The fourth-order valence-electron chi connectivity index (χ4n) is 2.97. The van der Waals surface area contributed by atoms with E-state index in [-0.39, 0.29) is 16.4 Å². The van der Waals surface area contributed by atoms with Crippen LogP contribution in [0.3, 0.4) is 0 Å². The lowest BCUT2D eigenvalue weighted by molar-refractivity contribution is -0.126. The zero-order chi connectivity index (χ0) is 19.6. The normalized spacial score (nSPS) is 14.5. The molecule has 0 spiro atoms. The van der Waals surface area contributed by atoms with Crippen molar-refractivity contribution in [2.24, 2.45) is 0 Å². The molecule has 1 aliphatic rings. The van der Waals surface area contributed by atoms with Gasteiger partial charge in [-0.25, -0.2) is 17.9 Å². The average molecular weight is 388 g/mol. The number of nitrogens with one attached hydrogen (secondary N) is 1.